The Balaban J connectivity index is 1.41. The van der Waals surface area contributed by atoms with Gasteiger partial charge in [-0.3, -0.25) is 4.79 Å². The van der Waals surface area contributed by atoms with Crippen molar-refractivity contribution in [3.05, 3.63) is 83.7 Å². The lowest BCUT2D eigenvalue weighted by Gasteiger charge is -2.27. The summed E-state index contributed by atoms with van der Waals surface area (Å²) in [6, 6.07) is 15.2. The third kappa shape index (κ3) is 5.37. The van der Waals surface area contributed by atoms with Crippen molar-refractivity contribution in [1.82, 2.24) is 10.6 Å². The summed E-state index contributed by atoms with van der Waals surface area (Å²) in [5, 5.41) is 5.17. The molecular weight excluding hydrogens is 440 g/mol. The zero-order chi connectivity index (χ0) is 23.9. The number of amides is 2. The van der Waals surface area contributed by atoms with Crippen molar-refractivity contribution in [2.24, 2.45) is 0 Å². The number of carbonyl (C=O) groups excluding carboxylic acids is 3. The van der Waals surface area contributed by atoms with Gasteiger partial charge in [0, 0.05) is 12.0 Å². The van der Waals surface area contributed by atoms with Gasteiger partial charge in [0.05, 0.1) is 30.6 Å². The number of urea groups is 1. The molecular formula is C25H24N2O7. The molecule has 34 heavy (non-hydrogen) atoms. The van der Waals surface area contributed by atoms with Crippen LogP contribution in [0.1, 0.15) is 30.9 Å². The normalized spacial score (nSPS) is 15.4. The fraction of sp³-hybridized carbons (Fsp3) is 0.240. The van der Waals surface area contributed by atoms with Crippen molar-refractivity contribution in [2.75, 3.05) is 13.2 Å². The number of ether oxygens (including phenoxy) is 2. The van der Waals surface area contributed by atoms with E-state index in [-0.39, 0.29) is 30.9 Å². The molecule has 1 unspecified atom stereocenters. The van der Waals surface area contributed by atoms with Crippen molar-refractivity contribution >= 4 is 18.0 Å². The molecule has 0 saturated carbocycles. The number of furan rings is 2. The quantitative estimate of drug-likeness (QED) is 0.461. The number of hydrogen-bond donors (Lipinski definition) is 2. The molecule has 1 atom stereocenters. The minimum absolute atomic E-state index is 0.0670. The van der Waals surface area contributed by atoms with Gasteiger partial charge in [-0.25, -0.2) is 9.59 Å². The average Bonchev–Trinajstić information content (AvgIpc) is 3.54. The molecule has 3 heterocycles. The number of aryl methyl sites for hydroxylation is 1. The van der Waals surface area contributed by atoms with Gasteiger partial charge in [-0.1, -0.05) is 30.3 Å². The van der Waals surface area contributed by atoms with Gasteiger partial charge < -0.3 is 28.9 Å². The van der Waals surface area contributed by atoms with E-state index in [1.807, 2.05) is 42.5 Å². The Morgan fingerprint density at radius 2 is 1.85 bits per heavy atom. The molecule has 0 spiro atoms. The van der Waals surface area contributed by atoms with Crippen LogP contribution in [0.3, 0.4) is 0 Å². The first-order valence-electron chi connectivity index (χ1n) is 10.9. The lowest BCUT2D eigenvalue weighted by Crippen LogP contribution is -2.47. The van der Waals surface area contributed by atoms with E-state index < -0.39 is 24.0 Å². The van der Waals surface area contributed by atoms with Gasteiger partial charge in [0.15, 0.2) is 0 Å². The molecule has 1 aromatic carbocycles. The number of esters is 2. The molecule has 3 aromatic rings. The number of benzene rings is 1. The molecule has 0 radical (unpaired) electrons. The van der Waals surface area contributed by atoms with Gasteiger partial charge in [-0.15, -0.1) is 0 Å². The molecule has 176 valence electrons. The van der Waals surface area contributed by atoms with Gasteiger partial charge in [0.25, 0.3) is 0 Å². The standard InChI is InChI=1S/C25H24N2O7/c1-2-31-24(29)22-18(26-25(30)27-23(22)20-9-6-14-32-20)15-33-21(28)13-11-17-10-12-19(34-17)16-7-4-3-5-8-16/h3-10,12,14,23H,2,11,13,15H2,1H3,(H2,26,27,30). The SMILES string of the molecule is CCOC(=O)C1=C(COC(=O)CCc2ccc(-c3ccccc3)o2)NC(=O)NC1c1ccco1. The second-order valence-electron chi connectivity index (χ2n) is 7.45. The van der Waals surface area contributed by atoms with Crippen LogP contribution < -0.4 is 10.6 Å². The van der Waals surface area contributed by atoms with Gasteiger partial charge >= 0.3 is 18.0 Å². The predicted molar refractivity (Wildman–Crippen MR) is 120 cm³/mol. The van der Waals surface area contributed by atoms with E-state index in [0.717, 1.165) is 11.3 Å². The summed E-state index contributed by atoms with van der Waals surface area (Å²) in [6.45, 7) is 1.51. The van der Waals surface area contributed by atoms with E-state index in [1.165, 1.54) is 6.26 Å². The number of rotatable bonds is 9. The maximum atomic E-state index is 12.6. The number of nitrogens with one attached hydrogen (secondary N) is 2. The summed E-state index contributed by atoms with van der Waals surface area (Å²) in [4.78, 5) is 37.2. The van der Waals surface area contributed by atoms with Crippen molar-refractivity contribution in [3.8, 4) is 11.3 Å². The van der Waals surface area contributed by atoms with E-state index >= 15 is 0 Å². The Hall–Kier alpha value is -4.27. The van der Waals surface area contributed by atoms with Gasteiger partial charge in [0.2, 0.25) is 0 Å². The highest BCUT2D eigenvalue weighted by Gasteiger charge is 2.35. The third-order valence-electron chi connectivity index (χ3n) is 5.15. The molecule has 2 N–H and O–H groups in total. The summed E-state index contributed by atoms with van der Waals surface area (Å²) in [5.74, 6) is 0.570. The van der Waals surface area contributed by atoms with Gasteiger partial charge in [-0.2, -0.15) is 0 Å². The molecule has 1 aliphatic heterocycles. The largest absolute Gasteiger partial charge is 0.467 e. The van der Waals surface area contributed by atoms with Crippen molar-refractivity contribution < 1.29 is 32.7 Å². The third-order valence-corrected chi connectivity index (χ3v) is 5.15. The summed E-state index contributed by atoms with van der Waals surface area (Å²) >= 11 is 0. The van der Waals surface area contributed by atoms with Crippen LogP contribution in [-0.4, -0.2) is 31.2 Å². The topological polar surface area (TPSA) is 120 Å². The lowest BCUT2D eigenvalue weighted by molar-refractivity contribution is -0.143. The Kier molecular flexibility index (Phi) is 7.12. The highest BCUT2D eigenvalue weighted by molar-refractivity contribution is 5.95. The zero-order valence-electron chi connectivity index (χ0n) is 18.5. The minimum atomic E-state index is -0.865. The van der Waals surface area contributed by atoms with Crippen LogP contribution in [0.15, 0.2) is 81.0 Å². The first kappa shape index (κ1) is 22.9. The maximum absolute atomic E-state index is 12.6. The number of hydrogen-bond acceptors (Lipinski definition) is 7. The predicted octanol–water partition coefficient (Wildman–Crippen LogP) is 3.89. The van der Waals surface area contributed by atoms with E-state index in [2.05, 4.69) is 10.6 Å². The minimum Gasteiger partial charge on any atom is -0.467 e. The Labute approximate surface area is 195 Å². The smallest absolute Gasteiger partial charge is 0.338 e. The fourth-order valence-corrected chi connectivity index (χ4v) is 3.57. The summed E-state index contributed by atoms with van der Waals surface area (Å²) in [5.41, 5.74) is 1.20. The molecule has 2 amide bonds. The Bertz CT molecular complexity index is 1180. The summed E-state index contributed by atoms with van der Waals surface area (Å²) < 4.78 is 21.7. The molecule has 9 nitrogen and oxygen atoms in total. The first-order valence-corrected chi connectivity index (χ1v) is 10.9. The van der Waals surface area contributed by atoms with Crippen molar-refractivity contribution in [3.63, 3.8) is 0 Å². The Morgan fingerprint density at radius 1 is 1.03 bits per heavy atom. The van der Waals surface area contributed by atoms with Crippen LogP contribution >= 0.6 is 0 Å². The zero-order valence-corrected chi connectivity index (χ0v) is 18.5. The molecule has 0 aliphatic carbocycles. The highest BCUT2D eigenvalue weighted by Crippen LogP contribution is 2.28. The molecule has 0 saturated heterocycles. The first-order chi connectivity index (χ1) is 16.5. The fourth-order valence-electron chi connectivity index (χ4n) is 3.57. The molecule has 4 rings (SSSR count). The molecule has 0 bridgehead atoms. The van der Waals surface area contributed by atoms with E-state index in [0.29, 0.717) is 17.9 Å². The van der Waals surface area contributed by atoms with Crippen LogP contribution in [0, 0.1) is 0 Å². The van der Waals surface area contributed by atoms with Crippen LogP contribution in [0.5, 0.6) is 0 Å². The van der Waals surface area contributed by atoms with Crippen LogP contribution in [0.4, 0.5) is 4.79 Å². The van der Waals surface area contributed by atoms with E-state index in [4.69, 9.17) is 18.3 Å². The lowest BCUT2D eigenvalue weighted by atomic mass is 10.0. The highest BCUT2D eigenvalue weighted by atomic mass is 16.5. The van der Waals surface area contributed by atoms with Crippen molar-refractivity contribution in [2.45, 2.75) is 25.8 Å². The Morgan fingerprint density at radius 3 is 2.59 bits per heavy atom. The van der Waals surface area contributed by atoms with Gasteiger partial charge in [-0.05, 0) is 31.2 Å². The average molecular weight is 464 g/mol. The molecule has 9 heteroatoms. The second kappa shape index (κ2) is 10.6. The maximum Gasteiger partial charge on any atom is 0.338 e. The second-order valence-corrected chi connectivity index (χ2v) is 7.45. The molecule has 1 aliphatic rings. The van der Waals surface area contributed by atoms with Crippen LogP contribution in [0.25, 0.3) is 11.3 Å². The van der Waals surface area contributed by atoms with Gasteiger partial charge in [0.1, 0.15) is 29.9 Å². The molecule has 2 aromatic heterocycles. The molecule has 0 fully saturated rings. The van der Waals surface area contributed by atoms with Crippen LogP contribution in [0.2, 0.25) is 0 Å². The summed E-state index contributed by atoms with van der Waals surface area (Å²) in [6.07, 6.45) is 1.85. The van der Waals surface area contributed by atoms with E-state index in [9.17, 15) is 14.4 Å². The number of carbonyl (C=O) groups is 3. The van der Waals surface area contributed by atoms with E-state index in [1.54, 1.807) is 19.1 Å². The summed E-state index contributed by atoms with van der Waals surface area (Å²) in [7, 11) is 0. The van der Waals surface area contributed by atoms with Crippen molar-refractivity contribution in [1.29, 1.82) is 0 Å². The van der Waals surface area contributed by atoms with Crippen LogP contribution in [-0.2, 0) is 25.5 Å². The monoisotopic (exact) mass is 464 g/mol.